The molecule has 0 aliphatic rings. The van der Waals surface area contributed by atoms with Crippen molar-refractivity contribution < 1.29 is 32.9 Å². The van der Waals surface area contributed by atoms with Gasteiger partial charge >= 0.3 is 7.82 Å². The van der Waals surface area contributed by atoms with Gasteiger partial charge < -0.3 is 19.8 Å². The Hall–Kier alpha value is -2.06. The van der Waals surface area contributed by atoms with E-state index in [0.717, 1.165) is 70.6 Å². The van der Waals surface area contributed by atoms with Crippen molar-refractivity contribution in [1.82, 2.24) is 5.32 Å². The predicted octanol–water partition coefficient (Wildman–Crippen LogP) is 16.7. The summed E-state index contributed by atoms with van der Waals surface area (Å²) in [5.41, 5.74) is 0. The SMILES string of the molecule is CC/C=C\C/C=C\C/C=C\C/C=C\C/C=C\CCCCCCCCCCCCCCCCCCCC(=O)NC(COP(=O)(O)OCC[N+](C)(C)C)C(O)/C=C/CCCCCCCCCCCC. The smallest absolute Gasteiger partial charge is 0.387 e. The van der Waals surface area contributed by atoms with Gasteiger partial charge in [-0.15, -0.1) is 0 Å². The lowest BCUT2D eigenvalue weighted by atomic mass is 10.0. The fraction of sp³-hybridized carbons (Fsp3) is 0.776. The second-order valence-corrected chi connectivity index (χ2v) is 21.4. The molecule has 0 aliphatic heterocycles. The minimum Gasteiger partial charge on any atom is -0.387 e. The first-order valence-corrected chi connectivity index (χ1v) is 29.3. The summed E-state index contributed by atoms with van der Waals surface area (Å²) >= 11 is 0. The number of allylic oxidation sites excluding steroid dienone is 11. The van der Waals surface area contributed by atoms with Gasteiger partial charge in [-0.1, -0.05) is 241 Å². The van der Waals surface area contributed by atoms with Crippen LogP contribution in [0.25, 0.3) is 0 Å². The van der Waals surface area contributed by atoms with Crippen LogP contribution >= 0.6 is 7.82 Å². The molecule has 8 nitrogen and oxygen atoms in total. The molecule has 0 saturated heterocycles. The molecular formula is C58H108N2O6P+. The van der Waals surface area contributed by atoms with Gasteiger partial charge in [-0.2, -0.15) is 0 Å². The van der Waals surface area contributed by atoms with Crippen molar-refractivity contribution in [2.24, 2.45) is 0 Å². The van der Waals surface area contributed by atoms with Crippen LogP contribution in [0.15, 0.2) is 72.9 Å². The molecule has 390 valence electrons. The van der Waals surface area contributed by atoms with E-state index in [2.05, 4.69) is 79.9 Å². The molecule has 0 spiro atoms. The number of carbonyl (C=O) groups is 1. The number of unbranched alkanes of at least 4 members (excludes halogenated alkanes) is 27. The molecule has 0 aliphatic carbocycles. The van der Waals surface area contributed by atoms with E-state index in [9.17, 15) is 19.4 Å². The molecule has 3 N–H and O–H groups in total. The minimum absolute atomic E-state index is 0.0604. The number of phosphoric ester groups is 1. The van der Waals surface area contributed by atoms with E-state index in [1.54, 1.807) is 6.08 Å². The molecule has 0 aromatic carbocycles. The van der Waals surface area contributed by atoms with Gasteiger partial charge in [-0.3, -0.25) is 13.8 Å². The minimum atomic E-state index is -4.34. The zero-order valence-electron chi connectivity index (χ0n) is 44.4. The van der Waals surface area contributed by atoms with Crippen LogP contribution in [0.3, 0.4) is 0 Å². The van der Waals surface area contributed by atoms with Crippen molar-refractivity contribution in [1.29, 1.82) is 0 Å². The van der Waals surface area contributed by atoms with E-state index in [0.29, 0.717) is 17.4 Å². The van der Waals surface area contributed by atoms with E-state index in [1.165, 1.54) is 148 Å². The largest absolute Gasteiger partial charge is 0.472 e. The van der Waals surface area contributed by atoms with Crippen LogP contribution in [0, 0.1) is 0 Å². The number of nitrogens with one attached hydrogen (secondary N) is 1. The average molecular weight is 960 g/mol. The van der Waals surface area contributed by atoms with Gasteiger partial charge in [-0.25, -0.2) is 4.57 Å². The molecule has 0 rings (SSSR count). The van der Waals surface area contributed by atoms with Crippen molar-refractivity contribution in [2.45, 2.75) is 251 Å². The zero-order valence-corrected chi connectivity index (χ0v) is 45.3. The van der Waals surface area contributed by atoms with Gasteiger partial charge in [0.15, 0.2) is 0 Å². The van der Waals surface area contributed by atoms with Crippen molar-refractivity contribution in [3.63, 3.8) is 0 Å². The van der Waals surface area contributed by atoms with Crippen LogP contribution in [0.2, 0.25) is 0 Å². The second-order valence-electron chi connectivity index (χ2n) is 19.9. The van der Waals surface area contributed by atoms with Gasteiger partial charge in [0.2, 0.25) is 5.91 Å². The first-order valence-electron chi connectivity index (χ1n) is 27.8. The van der Waals surface area contributed by atoms with Crippen LogP contribution in [-0.4, -0.2) is 73.4 Å². The normalized spacial score (nSPS) is 14.6. The highest BCUT2D eigenvalue weighted by atomic mass is 31.2. The van der Waals surface area contributed by atoms with Crippen molar-refractivity contribution in [3.8, 4) is 0 Å². The maximum absolute atomic E-state index is 12.9. The van der Waals surface area contributed by atoms with Gasteiger partial charge in [0, 0.05) is 6.42 Å². The lowest BCUT2D eigenvalue weighted by Crippen LogP contribution is -2.45. The van der Waals surface area contributed by atoms with Crippen molar-refractivity contribution >= 4 is 13.7 Å². The molecule has 0 aromatic heterocycles. The third-order valence-electron chi connectivity index (χ3n) is 12.2. The summed E-state index contributed by atoms with van der Waals surface area (Å²) in [6.07, 6.45) is 67.2. The zero-order chi connectivity index (χ0) is 49.2. The van der Waals surface area contributed by atoms with Gasteiger partial charge in [0.25, 0.3) is 0 Å². The fourth-order valence-corrected chi connectivity index (χ4v) is 8.57. The number of aliphatic hydroxyl groups is 1. The Bertz CT molecular complexity index is 1320. The number of amides is 1. The topological polar surface area (TPSA) is 105 Å². The number of carbonyl (C=O) groups excluding carboxylic acids is 1. The molecule has 3 atom stereocenters. The number of hydrogen-bond acceptors (Lipinski definition) is 5. The maximum atomic E-state index is 12.9. The van der Waals surface area contributed by atoms with Crippen LogP contribution in [0.4, 0.5) is 0 Å². The molecule has 0 radical (unpaired) electrons. The highest BCUT2D eigenvalue weighted by Crippen LogP contribution is 2.43. The van der Waals surface area contributed by atoms with Gasteiger partial charge in [-0.05, 0) is 64.2 Å². The summed E-state index contributed by atoms with van der Waals surface area (Å²) in [5.74, 6) is -0.178. The number of nitrogens with zero attached hydrogens (tertiary/aromatic N) is 1. The van der Waals surface area contributed by atoms with Crippen molar-refractivity contribution in [2.75, 3.05) is 40.9 Å². The molecule has 1 amide bonds. The Morgan fingerprint density at radius 2 is 0.896 bits per heavy atom. The number of quaternary nitrogens is 1. The molecule has 0 heterocycles. The molecular weight excluding hydrogens is 852 g/mol. The Labute approximate surface area is 414 Å². The Morgan fingerprint density at radius 3 is 1.31 bits per heavy atom. The van der Waals surface area contributed by atoms with Crippen LogP contribution in [0.1, 0.15) is 239 Å². The molecule has 9 heteroatoms. The summed E-state index contributed by atoms with van der Waals surface area (Å²) < 4.78 is 23.6. The maximum Gasteiger partial charge on any atom is 0.472 e. The third kappa shape index (κ3) is 51.6. The first kappa shape index (κ1) is 64.9. The summed E-state index contributed by atoms with van der Waals surface area (Å²) in [6, 6.07) is -0.847. The molecule has 0 bridgehead atoms. The van der Waals surface area contributed by atoms with Crippen LogP contribution in [-0.2, 0) is 18.4 Å². The van der Waals surface area contributed by atoms with E-state index < -0.39 is 20.0 Å². The van der Waals surface area contributed by atoms with Gasteiger partial charge in [0.05, 0.1) is 39.9 Å². The summed E-state index contributed by atoms with van der Waals surface area (Å²) in [6.45, 7) is 4.70. The Morgan fingerprint density at radius 1 is 0.522 bits per heavy atom. The number of aliphatic hydroxyl groups excluding tert-OH is 1. The number of likely N-dealkylation sites (N-methyl/N-ethyl adjacent to an activating group) is 1. The number of rotatable bonds is 50. The van der Waals surface area contributed by atoms with Gasteiger partial charge in [0.1, 0.15) is 13.2 Å². The summed E-state index contributed by atoms with van der Waals surface area (Å²) in [4.78, 5) is 23.2. The molecule has 3 unspecified atom stereocenters. The second kappa shape index (κ2) is 48.9. The Kier molecular flexibility index (Phi) is 47.4. The van der Waals surface area contributed by atoms with Crippen LogP contribution < -0.4 is 5.32 Å². The quantitative estimate of drug-likeness (QED) is 0.0243. The van der Waals surface area contributed by atoms with Crippen molar-refractivity contribution in [3.05, 3.63) is 72.9 Å². The third-order valence-corrected chi connectivity index (χ3v) is 13.2. The predicted molar refractivity (Wildman–Crippen MR) is 290 cm³/mol. The number of hydrogen-bond donors (Lipinski definition) is 3. The summed E-state index contributed by atoms with van der Waals surface area (Å²) in [5, 5.41) is 13.9. The standard InChI is InChI=1S/C58H107N2O6P/c1-6-8-10-12-14-16-18-20-21-22-23-24-25-26-27-28-29-30-31-32-33-34-35-36-37-38-39-40-42-44-46-48-50-52-58(62)59-56(55-66-67(63,64)65-54-53-60(3,4)5)57(61)51-49-47-45-43-41-19-17-15-13-11-9-7-2/h8,10,14,16,20-21,23-24,26-27,49,51,56-57,61H,6-7,9,11-13,15,17-19,22,25,28-48,50,52-55H2,1-5H3,(H-,59,62,63,64)/p+1/b10-8-,16-14-,21-20-,24-23-,27-26-,51-49+. The molecule has 0 fully saturated rings. The first-order chi connectivity index (χ1) is 32.5. The fourth-order valence-electron chi connectivity index (χ4n) is 7.83. The lowest BCUT2D eigenvalue weighted by molar-refractivity contribution is -0.870. The highest BCUT2D eigenvalue weighted by Gasteiger charge is 2.27. The lowest BCUT2D eigenvalue weighted by Gasteiger charge is -2.25. The van der Waals surface area contributed by atoms with Crippen LogP contribution in [0.5, 0.6) is 0 Å². The van der Waals surface area contributed by atoms with E-state index in [-0.39, 0.29) is 19.1 Å². The monoisotopic (exact) mass is 960 g/mol. The summed E-state index contributed by atoms with van der Waals surface area (Å²) in [7, 11) is 1.57. The molecule has 0 aromatic rings. The Balaban J connectivity index is 4.03. The number of phosphoric acid groups is 1. The van der Waals surface area contributed by atoms with E-state index >= 15 is 0 Å². The average Bonchev–Trinajstić information content (AvgIpc) is 3.29. The molecule has 67 heavy (non-hydrogen) atoms. The van der Waals surface area contributed by atoms with E-state index in [4.69, 9.17) is 9.05 Å². The molecule has 0 saturated carbocycles. The van der Waals surface area contributed by atoms with E-state index in [1.807, 2.05) is 27.2 Å². The highest BCUT2D eigenvalue weighted by molar-refractivity contribution is 7.47.